The number of carbonyl (C=O) groups excluding carboxylic acids is 2. The van der Waals surface area contributed by atoms with Crippen LogP contribution in [0.5, 0.6) is 11.5 Å². The first-order valence-electron chi connectivity index (χ1n) is 13.3. The van der Waals surface area contributed by atoms with E-state index < -0.39 is 23.5 Å². The Balaban J connectivity index is 1.98. The SMILES string of the molecule is CCN(CC)CCN1C(=O)C(O)=C(C(=O)C=Cc2ccccc2)C1c1ccc(OCCC(C)C)c(OC)c1. The summed E-state index contributed by atoms with van der Waals surface area (Å²) in [6.45, 7) is 11.6. The molecule has 1 N–H and O–H groups in total. The smallest absolute Gasteiger partial charge is 0.290 e. The fourth-order valence-corrected chi connectivity index (χ4v) is 4.48. The van der Waals surface area contributed by atoms with E-state index in [-0.39, 0.29) is 5.57 Å². The molecule has 38 heavy (non-hydrogen) atoms. The maximum Gasteiger partial charge on any atom is 0.290 e. The molecular weight excluding hydrogens is 480 g/mol. The van der Waals surface area contributed by atoms with E-state index in [0.29, 0.717) is 42.7 Å². The molecule has 0 saturated carbocycles. The minimum Gasteiger partial charge on any atom is -0.503 e. The van der Waals surface area contributed by atoms with Crippen molar-refractivity contribution in [3.63, 3.8) is 0 Å². The van der Waals surface area contributed by atoms with E-state index in [2.05, 4.69) is 32.6 Å². The van der Waals surface area contributed by atoms with Crippen LogP contribution in [0.2, 0.25) is 0 Å². The topological polar surface area (TPSA) is 79.3 Å². The lowest BCUT2D eigenvalue weighted by Gasteiger charge is -2.29. The van der Waals surface area contributed by atoms with E-state index >= 15 is 0 Å². The predicted molar refractivity (Wildman–Crippen MR) is 150 cm³/mol. The number of allylic oxidation sites excluding steroid dienone is 1. The van der Waals surface area contributed by atoms with E-state index in [1.54, 1.807) is 30.2 Å². The highest BCUT2D eigenvalue weighted by atomic mass is 16.5. The fourth-order valence-electron chi connectivity index (χ4n) is 4.48. The van der Waals surface area contributed by atoms with Crippen LogP contribution in [0.4, 0.5) is 0 Å². The Morgan fingerprint density at radius 2 is 1.82 bits per heavy atom. The molecule has 0 fully saturated rings. The number of nitrogens with zero attached hydrogens (tertiary/aromatic N) is 2. The first-order chi connectivity index (χ1) is 18.3. The van der Waals surface area contributed by atoms with Crippen LogP contribution in [0.1, 0.15) is 51.3 Å². The molecular formula is C31H40N2O5. The molecule has 3 rings (SSSR count). The van der Waals surface area contributed by atoms with Gasteiger partial charge in [-0.3, -0.25) is 9.59 Å². The molecule has 0 aliphatic carbocycles. The molecule has 7 nitrogen and oxygen atoms in total. The van der Waals surface area contributed by atoms with Gasteiger partial charge in [0.05, 0.1) is 25.3 Å². The third-order valence-corrected chi connectivity index (χ3v) is 6.80. The number of aliphatic hydroxyl groups excluding tert-OH is 1. The summed E-state index contributed by atoms with van der Waals surface area (Å²) in [6.07, 6.45) is 4.01. The molecule has 0 radical (unpaired) electrons. The van der Waals surface area contributed by atoms with Gasteiger partial charge in [-0.15, -0.1) is 0 Å². The van der Waals surface area contributed by atoms with Gasteiger partial charge in [0.15, 0.2) is 23.0 Å². The maximum absolute atomic E-state index is 13.4. The monoisotopic (exact) mass is 520 g/mol. The summed E-state index contributed by atoms with van der Waals surface area (Å²) in [4.78, 5) is 30.5. The van der Waals surface area contributed by atoms with Gasteiger partial charge in [-0.25, -0.2) is 0 Å². The molecule has 1 aliphatic rings. The molecule has 0 aromatic heterocycles. The van der Waals surface area contributed by atoms with Crippen LogP contribution in [0.25, 0.3) is 6.08 Å². The number of methoxy groups -OCH3 is 1. The number of amides is 1. The average molecular weight is 521 g/mol. The van der Waals surface area contributed by atoms with E-state index in [4.69, 9.17) is 9.47 Å². The van der Waals surface area contributed by atoms with Gasteiger partial charge in [-0.05, 0) is 54.8 Å². The molecule has 1 aliphatic heterocycles. The molecule has 1 atom stereocenters. The zero-order valence-corrected chi connectivity index (χ0v) is 23.1. The molecule has 7 heteroatoms. The van der Waals surface area contributed by atoms with Gasteiger partial charge in [0.1, 0.15) is 0 Å². The van der Waals surface area contributed by atoms with Crippen molar-refractivity contribution in [1.29, 1.82) is 0 Å². The highest BCUT2D eigenvalue weighted by molar-refractivity contribution is 6.14. The highest BCUT2D eigenvalue weighted by Crippen LogP contribution is 2.41. The number of likely N-dealkylation sites (N-methyl/N-ethyl adjacent to an activating group) is 1. The molecule has 0 bridgehead atoms. The van der Waals surface area contributed by atoms with Gasteiger partial charge in [-0.1, -0.05) is 70.2 Å². The normalized spacial score (nSPS) is 15.8. The molecule has 1 unspecified atom stereocenters. The van der Waals surface area contributed by atoms with Crippen LogP contribution in [0.15, 0.2) is 65.9 Å². The third-order valence-electron chi connectivity index (χ3n) is 6.80. The number of hydrogen-bond donors (Lipinski definition) is 1. The lowest BCUT2D eigenvalue weighted by molar-refractivity contribution is -0.129. The Labute approximate surface area is 226 Å². The number of benzene rings is 2. The number of aliphatic hydroxyl groups is 1. The van der Waals surface area contributed by atoms with Gasteiger partial charge >= 0.3 is 0 Å². The molecule has 204 valence electrons. The minimum absolute atomic E-state index is 0.0669. The van der Waals surface area contributed by atoms with Crippen molar-refractivity contribution in [2.45, 2.75) is 40.2 Å². The van der Waals surface area contributed by atoms with Crippen molar-refractivity contribution in [2.24, 2.45) is 5.92 Å². The zero-order chi connectivity index (χ0) is 27.7. The summed E-state index contributed by atoms with van der Waals surface area (Å²) in [5.74, 6) is 0.158. The second kappa shape index (κ2) is 13.8. The van der Waals surface area contributed by atoms with Gasteiger partial charge in [0, 0.05) is 13.1 Å². The van der Waals surface area contributed by atoms with Crippen molar-refractivity contribution < 1.29 is 24.2 Å². The standard InChI is InChI=1S/C31H40N2O5/c1-6-32(7-2)18-19-33-29(24-14-16-26(27(21-24)37-5)38-20-17-22(3)4)28(30(35)31(33)36)25(34)15-13-23-11-9-8-10-12-23/h8-16,21-22,29,35H,6-7,17-20H2,1-5H3. The van der Waals surface area contributed by atoms with Crippen LogP contribution in [0, 0.1) is 5.92 Å². The average Bonchev–Trinajstić information content (AvgIpc) is 3.18. The first kappa shape index (κ1) is 29.0. The lowest BCUT2D eigenvalue weighted by atomic mass is 9.95. The molecule has 1 heterocycles. The van der Waals surface area contributed by atoms with E-state index in [0.717, 1.165) is 25.1 Å². The Bertz CT molecular complexity index is 1150. The van der Waals surface area contributed by atoms with Gasteiger partial charge in [0.25, 0.3) is 5.91 Å². The Morgan fingerprint density at radius 3 is 2.45 bits per heavy atom. The fraction of sp³-hybridized carbons (Fsp3) is 0.419. The van der Waals surface area contributed by atoms with Crippen molar-refractivity contribution in [3.05, 3.63) is 77.1 Å². The second-order valence-corrected chi connectivity index (χ2v) is 9.74. The molecule has 2 aromatic carbocycles. The first-order valence-corrected chi connectivity index (χ1v) is 13.3. The van der Waals surface area contributed by atoms with Crippen molar-refractivity contribution in [2.75, 3.05) is 39.9 Å². The van der Waals surface area contributed by atoms with E-state index in [9.17, 15) is 14.7 Å². The zero-order valence-electron chi connectivity index (χ0n) is 23.1. The summed E-state index contributed by atoms with van der Waals surface area (Å²) in [6, 6.07) is 14.1. The van der Waals surface area contributed by atoms with Crippen LogP contribution in [0.3, 0.4) is 0 Å². The Hall–Kier alpha value is -3.58. The summed E-state index contributed by atoms with van der Waals surface area (Å²) in [7, 11) is 1.56. The van der Waals surface area contributed by atoms with E-state index in [1.165, 1.54) is 6.08 Å². The van der Waals surface area contributed by atoms with Crippen LogP contribution < -0.4 is 9.47 Å². The number of hydrogen-bond acceptors (Lipinski definition) is 6. The number of rotatable bonds is 14. The summed E-state index contributed by atoms with van der Waals surface area (Å²) >= 11 is 0. The summed E-state index contributed by atoms with van der Waals surface area (Å²) in [5.41, 5.74) is 1.59. The van der Waals surface area contributed by atoms with Crippen molar-refractivity contribution in [3.8, 4) is 11.5 Å². The van der Waals surface area contributed by atoms with Crippen LogP contribution in [-0.2, 0) is 9.59 Å². The van der Waals surface area contributed by atoms with Crippen molar-refractivity contribution >= 4 is 17.8 Å². The minimum atomic E-state index is -0.746. The third kappa shape index (κ3) is 7.04. The maximum atomic E-state index is 13.4. The molecule has 0 saturated heterocycles. The molecule has 2 aromatic rings. The molecule has 1 amide bonds. The largest absolute Gasteiger partial charge is 0.503 e. The Kier molecular flexibility index (Phi) is 10.5. The molecule has 0 spiro atoms. The predicted octanol–water partition coefficient (Wildman–Crippen LogP) is 5.44. The van der Waals surface area contributed by atoms with Gasteiger partial charge in [0.2, 0.25) is 0 Å². The van der Waals surface area contributed by atoms with Gasteiger partial charge in [-0.2, -0.15) is 0 Å². The number of carbonyl (C=O) groups is 2. The van der Waals surface area contributed by atoms with Gasteiger partial charge < -0.3 is 24.4 Å². The summed E-state index contributed by atoms with van der Waals surface area (Å²) in [5, 5.41) is 10.9. The summed E-state index contributed by atoms with van der Waals surface area (Å²) < 4.78 is 11.6. The quantitative estimate of drug-likeness (QED) is 0.334. The van der Waals surface area contributed by atoms with Crippen LogP contribution >= 0.6 is 0 Å². The number of ketones is 1. The second-order valence-electron chi connectivity index (χ2n) is 9.74. The lowest BCUT2D eigenvalue weighted by Crippen LogP contribution is -2.38. The van der Waals surface area contributed by atoms with Crippen LogP contribution in [-0.4, -0.2) is 66.5 Å². The number of ether oxygens (including phenoxy) is 2. The highest BCUT2D eigenvalue weighted by Gasteiger charge is 2.43. The van der Waals surface area contributed by atoms with E-state index in [1.807, 2.05) is 36.4 Å². The van der Waals surface area contributed by atoms with Crippen molar-refractivity contribution in [1.82, 2.24) is 9.80 Å². The Morgan fingerprint density at radius 1 is 1.11 bits per heavy atom.